The third-order valence-corrected chi connectivity index (χ3v) is 6.33. The number of thioether (sulfide) groups is 1. The third kappa shape index (κ3) is 0.915. The maximum atomic E-state index is 5.61. The first kappa shape index (κ1) is 9.49. The summed E-state index contributed by atoms with van der Waals surface area (Å²) in [5.41, 5.74) is 0.497. The van der Waals surface area contributed by atoms with E-state index in [0.29, 0.717) is 22.4 Å². The van der Waals surface area contributed by atoms with E-state index >= 15 is 0 Å². The molecule has 3 aliphatic rings. The van der Waals surface area contributed by atoms with E-state index in [2.05, 4.69) is 24.0 Å². The molecule has 2 saturated carbocycles. The van der Waals surface area contributed by atoms with Crippen LogP contribution in [0.15, 0.2) is 0 Å². The van der Waals surface area contributed by atoms with Gasteiger partial charge in [0, 0.05) is 30.7 Å². The molecule has 1 heterocycles. The SMILES string of the molecule is COC1CC2(NC(C)CS2)C12CCC2. The van der Waals surface area contributed by atoms with E-state index in [4.69, 9.17) is 4.74 Å². The smallest absolute Gasteiger partial charge is 0.0754 e. The van der Waals surface area contributed by atoms with Gasteiger partial charge in [0.05, 0.1) is 11.0 Å². The number of methoxy groups -OCH3 is 1. The fourth-order valence-electron chi connectivity index (χ4n) is 3.54. The van der Waals surface area contributed by atoms with Crippen molar-refractivity contribution >= 4 is 11.8 Å². The molecule has 1 saturated heterocycles. The van der Waals surface area contributed by atoms with Gasteiger partial charge in [-0.3, -0.25) is 5.32 Å². The van der Waals surface area contributed by atoms with Crippen molar-refractivity contribution < 1.29 is 4.74 Å². The van der Waals surface area contributed by atoms with Gasteiger partial charge in [-0.2, -0.15) is 0 Å². The number of fused-ring (bicyclic) bond motifs is 1. The van der Waals surface area contributed by atoms with Crippen LogP contribution in [0.5, 0.6) is 0 Å². The standard InChI is InChI=1S/C11H19NOS/c1-8-7-14-11(12-8)6-9(13-2)10(11)4-3-5-10/h8-9,12H,3-7H2,1-2H3. The number of hydrogen-bond donors (Lipinski definition) is 1. The molecule has 2 spiro atoms. The number of rotatable bonds is 1. The van der Waals surface area contributed by atoms with Gasteiger partial charge in [-0.15, -0.1) is 11.8 Å². The first-order chi connectivity index (χ1) is 6.72. The fourth-order valence-corrected chi connectivity index (χ4v) is 5.33. The van der Waals surface area contributed by atoms with Gasteiger partial charge in [0.25, 0.3) is 0 Å². The van der Waals surface area contributed by atoms with Crippen molar-refractivity contribution in [3.05, 3.63) is 0 Å². The van der Waals surface area contributed by atoms with Crippen molar-refractivity contribution in [2.24, 2.45) is 5.41 Å². The summed E-state index contributed by atoms with van der Waals surface area (Å²) >= 11 is 2.15. The van der Waals surface area contributed by atoms with E-state index in [1.807, 2.05) is 7.11 Å². The molecular formula is C11H19NOS. The van der Waals surface area contributed by atoms with Gasteiger partial charge >= 0.3 is 0 Å². The minimum absolute atomic E-state index is 0.394. The predicted octanol–water partition coefficient (Wildman–Crippen LogP) is 2.00. The first-order valence-electron chi connectivity index (χ1n) is 5.67. The molecule has 2 aliphatic carbocycles. The minimum atomic E-state index is 0.394. The molecule has 3 heteroatoms. The summed E-state index contributed by atoms with van der Waals surface area (Å²) < 4.78 is 5.61. The Labute approximate surface area is 90.2 Å². The van der Waals surface area contributed by atoms with E-state index in [0.717, 1.165) is 0 Å². The van der Waals surface area contributed by atoms with Crippen molar-refractivity contribution in [1.29, 1.82) is 0 Å². The summed E-state index contributed by atoms with van der Waals surface area (Å²) in [5, 5.41) is 3.81. The quantitative estimate of drug-likeness (QED) is 0.720. The molecule has 0 aromatic carbocycles. The summed E-state index contributed by atoms with van der Waals surface area (Å²) in [5.74, 6) is 1.28. The summed E-state index contributed by atoms with van der Waals surface area (Å²) in [7, 11) is 1.88. The molecule has 0 aromatic heterocycles. The molecule has 2 nitrogen and oxygen atoms in total. The molecule has 1 N–H and O–H groups in total. The molecule has 3 fully saturated rings. The Bertz CT molecular complexity index is 254. The average Bonchev–Trinajstić information content (AvgIpc) is 2.43. The molecule has 3 atom stereocenters. The third-order valence-electron chi connectivity index (χ3n) is 4.48. The van der Waals surface area contributed by atoms with Crippen LogP contribution in [0.1, 0.15) is 32.6 Å². The summed E-state index contributed by atoms with van der Waals surface area (Å²) in [6.07, 6.45) is 5.90. The molecule has 0 amide bonds. The average molecular weight is 213 g/mol. The normalized spacial score (nSPS) is 49.3. The molecule has 3 unspecified atom stereocenters. The molecule has 14 heavy (non-hydrogen) atoms. The highest BCUT2D eigenvalue weighted by molar-refractivity contribution is 8.01. The van der Waals surface area contributed by atoms with Gasteiger partial charge in [0.2, 0.25) is 0 Å². The van der Waals surface area contributed by atoms with Crippen molar-refractivity contribution in [2.75, 3.05) is 12.9 Å². The van der Waals surface area contributed by atoms with Crippen LogP contribution in [0.3, 0.4) is 0 Å². The zero-order valence-electron chi connectivity index (χ0n) is 9.01. The van der Waals surface area contributed by atoms with Crippen molar-refractivity contribution in [3.63, 3.8) is 0 Å². The Morgan fingerprint density at radius 3 is 2.64 bits per heavy atom. The van der Waals surface area contributed by atoms with Crippen LogP contribution in [0.2, 0.25) is 0 Å². The number of nitrogens with one attached hydrogen (secondary N) is 1. The maximum Gasteiger partial charge on any atom is 0.0754 e. The zero-order chi connectivity index (χ0) is 9.81. The molecule has 80 valence electrons. The van der Waals surface area contributed by atoms with Gasteiger partial charge in [-0.1, -0.05) is 6.42 Å². The lowest BCUT2D eigenvalue weighted by Crippen LogP contribution is -2.73. The van der Waals surface area contributed by atoms with Gasteiger partial charge in [0.15, 0.2) is 0 Å². The van der Waals surface area contributed by atoms with Crippen molar-refractivity contribution in [3.8, 4) is 0 Å². The van der Waals surface area contributed by atoms with E-state index < -0.39 is 0 Å². The zero-order valence-corrected chi connectivity index (χ0v) is 9.82. The predicted molar refractivity (Wildman–Crippen MR) is 59.5 cm³/mol. The van der Waals surface area contributed by atoms with Crippen LogP contribution in [0.25, 0.3) is 0 Å². The topological polar surface area (TPSA) is 21.3 Å². The Kier molecular flexibility index (Phi) is 1.96. The lowest BCUT2D eigenvalue weighted by Gasteiger charge is -2.66. The van der Waals surface area contributed by atoms with Gasteiger partial charge in [-0.05, 0) is 19.8 Å². The van der Waals surface area contributed by atoms with E-state index in [1.54, 1.807) is 0 Å². The summed E-state index contributed by atoms with van der Waals surface area (Å²) in [6, 6.07) is 0.690. The molecule has 0 bridgehead atoms. The van der Waals surface area contributed by atoms with E-state index in [1.165, 1.54) is 31.4 Å². The van der Waals surface area contributed by atoms with E-state index in [-0.39, 0.29) is 0 Å². The Balaban J connectivity index is 1.83. The summed E-state index contributed by atoms with van der Waals surface area (Å²) in [4.78, 5) is 0.394. The van der Waals surface area contributed by atoms with Crippen LogP contribution >= 0.6 is 11.8 Å². The van der Waals surface area contributed by atoms with Gasteiger partial charge in [-0.25, -0.2) is 0 Å². The molecule has 0 aromatic rings. The molecule has 3 rings (SSSR count). The molecular weight excluding hydrogens is 194 g/mol. The fraction of sp³-hybridized carbons (Fsp3) is 1.00. The lowest BCUT2D eigenvalue weighted by molar-refractivity contribution is -0.174. The Morgan fingerprint density at radius 2 is 2.21 bits per heavy atom. The van der Waals surface area contributed by atoms with Crippen LogP contribution < -0.4 is 5.32 Å². The summed E-state index contributed by atoms with van der Waals surface area (Å²) in [6.45, 7) is 2.30. The Morgan fingerprint density at radius 1 is 1.43 bits per heavy atom. The number of ether oxygens (including phenoxy) is 1. The van der Waals surface area contributed by atoms with Crippen LogP contribution in [0, 0.1) is 5.41 Å². The maximum absolute atomic E-state index is 5.61. The molecule has 0 radical (unpaired) electrons. The highest BCUT2D eigenvalue weighted by atomic mass is 32.2. The Hall–Kier alpha value is 0.270. The highest BCUT2D eigenvalue weighted by Crippen LogP contribution is 2.68. The van der Waals surface area contributed by atoms with Gasteiger partial charge in [0.1, 0.15) is 0 Å². The van der Waals surface area contributed by atoms with E-state index in [9.17, 15) is 0 Å². The van der Waals surface area contributed by atoms with Crippen LogP contribution in [-0.2, 0) is 4.74 Å². The van der Waals surface area contributed by atoms with Crippen LogP contribution in [-0.4, -0.2) is 29.9 Å². The second-order valence-electron chi connectivity index (χ2n) is 5.12. The second-order valence-corrected chi connectivity index (χ2v) is 6.44. The first-order valence-corrected chi connectivity index (χ1v) is 6.65. The number of hydrogen-bond acceptors (Lipinski definition) is 3. The minimum Gasteiger partial charge on any atom is -0.381 e. The highest BCUT2D eigenvalue weighted by Gasteiger charge is 2.69. The van der Waals surface area contributed by atoms with Crippen molar-refractivity contribution in [1.82, 2.24) is 5.32 Å². The van der Waals surface area contributed by atoms with Gasteiger partial charge < -0.3 is 4.74 Å². The largest absolute Gasteiger partial charge is 0.381 e. The van der Waals surface area contributed by atoms with Crippen molar-refractivity contribution in [2.45, 2.75) is 49.6 Å². The van der Waals surface area contributed by atoms with Crippen LogP contribution in [0.4, 0.5) is 0 Å². The second kappa shape index (κ2) is 2.89. The molecule has 1 aliphatic heterocycles. The monoisotopic (exact) mass is 213 g/mol. The lowest BCUT2D eigenvalue weighted by atomic mass is 9.50.